The number of halogens is 1. The maximum absolute atomic E-state index is 12.1. The number of aryl methyl sites for hydroxylation is 2. The number of sulfonamides is 1. The number of aliphatic imine (C=N–C) groups is 1. The first kappa shape index (κ1) is 24.3. The van der Waals surface area contributed by atoms with Gasteiger partial charge in [-0.3, -0.25) is 4.99 Å². The molecular formula is C18H34IN7O2S. The highest BCUT2D eigenvalue weighted by molar-refractivity contribution is 14.0. The lowest BCUT2D eigenvalue weighted by Crippen LogP contribution is -2.47. The number of nitrogens with one attached hydrogen (secondary N) is 3. The molecule has 3 rings (SSSR count). The van der Waals surface area contributed by atoms with Crippen molar-refractivity contribution in [3.05, 3.63) is 11.6 Å². The second kappa shape index (κ2) is 11.4. The fourth-order valence-corrected chi connectivity index (χ4v) is 4.40. The monoisotopic (exact) mass is 539 g/mol. The minimum absolute atomic E-state index is 0. The van der Waals surface area contributed by atoms with Crippen LogP contribution < -0.4 is 15.4 Å². The molecule has 1 aliphatic heterocycles. The zero-order valence-corrected chi connectivity index (χ0v) is 20.5. The number of aromatic nitrogens is 3. The van der Waals surface area contributed by atoms with Crippen LogP contribution in [-0.2, 0) is 29.4 Å². The summed E-state index contributed by atoms with van der Waals surface area (Å²) in [6, 6.07) is 0.199. The van der Waals surface area contributed by atoms with Gasteiger partial charge in [0, 0.05) is 32.0 Å². The largest absolute Gasteiger partial charge is 0.357 e. The van der Waals surface area contributed by atoms with Crippen LogP contribution in [-0.4, -0.2) is 60.6 Å². The molecule has 0 saturated heterocycles. The van der Waals surface area contributed by atoms with Gasteiger partial charge in [-0.15, -0.1) is 24.0 Å². The first-order chi connectivity index (χ1) is 13.5. The van der Waals surface area contributed by atoms with Crippen molar-refractivity contribution in [2.75, 3.05) is 25.4 Å². The predicted molar refractivity (Wildman–Crippen MR) is 125 cm³/mol. The normalized spacial score (nSPS) is 19.8. The van der Waals surface area contributed by atoms with Crippen LogP contribution in [0.3, 0.4) is 0 Å². The molecule has 1 fully saturated rings. The van der Waals surface area contributed by atoms with Crippen LogP contribution in [0.5, 0.6) is 0 Å². The summed E-state index contributed by atoms with van der Waals surface area (Å²) >= 11 is 0. The molecule has 0 bridgehead atoms. The lowest BCUT2D eigenvalue weighted by molar-refractivity contribution is 0.316. The minimum Gasteiger partial charge on any atom is -0.357 e. The van der Waals surface area contributed by atoms with E-state index in [0.717, 1.165) is 56.8 Å². The molecule has 0 amide bonds. The molecule has 166 valence electrons. The van der Waals surface area contributed by atoms with Crippen LogP contribution in [0.1, 0.15) is 51.2 Å². The molecule has 11 heteroatoms. The van der Waals surface area contributed by atoms with E-state index >= 15 is 0 Å². The average molecular weight is 539 g/mol. The Bertz CT molecular complexity index is 777. The van der Waals surface area contributed by atoms with E-state index in [4.69, 9.17) is 0 Å². The smallest absolute Gasteiger partial charge is 0.213 e. The number of hydrogen-bond acceptors (Lipinski definition) is 5. The second-order valence-corrected chi connectivity index (χ2v) is 9.51. The van der Waals surface area contributed by atoms with E-state index in [1.165, 1.54) is 6.42 Å². The number of rotatable bonds is 9. The number of hydrogen-bond donors (Lipinski definition) is 3. The summed E-state index contributed by atoms with van der Waals surface area (Å²) in [5.41, 5.74) is 0. The summed E-state index contributed by atoms with van der Waals surface area (Å²) < 4.78 is 28.9. The Kier molecular flexibility index (Phi) is 9.60. The van der Waals surface area contributed by atoms with E-state index in [1.54, 1.807) is 0 Å². The van der Waals surface area contributed by atoms with Gasteiger partial charge in [0.2, 0.25) is 10.0 Å². The molecule has 3 N–H and O–H groups in total. The summed E-state index contributed by atoms with van der Waals surface area (Å²) in [4.78, 5) is 9.00. The van der Waals surface area contributed by atoms with Crippen molar-refractivity contribution in [3.8, 4) is 0 Å². The van der Waals surface area contributed by atoms with Crippen LogP contribution in [0.15, 0.2) is 4.99 Å². The van der Waals surface area contributed by atoms with Crippen LogP contribution in [0.25, 0.3) is 0 Å². The first-order valence-corrected chi connectivity index (χ1v) is 12.1. The third-order valence-electron chi connectivity index (χ3n) is 5.35. The van der Waals surface area contributed by atoms with Gasteiger partial charge in [0.05, 0.1) is 18.8 Å². The number of nitrogens with zero attached hydrogens (tertiary/aromatic N) is 4. The summed E-state index contributed by atoms with van der Waals surface area (Å²) in [5.74, 6) is 3.10. The average Bonchev–Trinajstić information content (AvgIpc) is 3.02. The zero-order chi connectivity index (χ0) is 20.0. The van der Waals surface area contributed by atoms with Crippen LogP contribution >= 0.6 is 24.0 Å². The summed E-state index contributed by atoms with van der Waals surface area (Å²) in [5, 5.41) is 11.1. The minimum atomic E-state index is -3.27. The number of fused-ring (bicyclic) bond motifs is 1. The summed E-state index contributed by atoms with van der Waals surface area (Å²) in [6.45, 7) is 6.32. The molecule has 0 aromatic carbocycles. The molecule has 0 radical (unpaired) electrons. The highest BCUT2D eigenvalue weighted by Gasteiger charge is 2.22. The van der Waals surface area contributed by atoms with E-state index in [9.17, 15) is 8.42 Å². The van der Waals surface area contributed by atoms with E-state index in [2.05, 4.69) is 37.4 Å². The zero-order valence-electron chi connectivity index (χ0n) is 17.4. The van der Waals surface area contributed by atoms with Gasteiger partial charge in [0.15, 0.2) is 11.8 Å². The van der Waals surface area contributed by atoms with Gasteiger partial charge in [-0.1, -0.05) is 13.3 Å². The fourth-order valence-electron chi connectivity index (χ4n) is 3.43. The predicted octanol–water partition coefficient (Wildman–Crippen LogP) is 1.05. The topological polar surface area (TPSA) is 113 Å². The Morgan fingerprint density at radius 2 is 2.07 bits per heavy atom. The Balaban J connectivity index is 0.00000300. The van der Waals surface area contributed by atoms with Crippen molar-refractivity contribution in [2.24, 2.45) is 10.9 Å². The van der Waals surface area contributed by atoms with Gasteiger partial charge in [-0.2, -0.15) is 5.10 Å². The van der Waals surface area contributed by atoms with Crippen LogP contribution in [0.2, 0.25) is 0 Å². The molecule has 1 aromatic heterocycles. The molecule has 1 unspecified atom stereocenters. The summed E-state index contributed by atoms with van der Waals surface area (Å²) in [6.07, 6.45) is 6.14. The molecule has 1 aliphatic carbocycles. The van der Waals surface area contributed by atoms with Crippen LogP contribution in [0, 0.1) is 5.92 Å². The van der Waals surface area contributed by atoms with E-state index in [0.29, 0.717) is 18.4 Å². The van der Waals surface area contributed by atoms with Crippen molar-refractivity contribution in [2.45, 2.75) is 65.0 Å². The molecule has 1 aromatic rings. The maximum Gasteiger partial charge on any atom is 0.213 e. The van der Waals surface area contributed by atoms with Gasteiger partial charge < -0.3 is 10.6 Å². The maximum atomic E-state index is 12.1. The van der Waals surface area contributed by atoms with Crippen molar-refractivity contribution >= 4 is 40.0 Å². The number of guanidine groups is 1. The molecule has 1 saturated carbocycles. The molecule has 1 atom stereocenters. The van der Waals surface area contributed by atoms with Gasteiger partial charge in [0.25, 0.3) is 0 Å². The highest BCUT2D eigenvalue weighted by Crippen LogP contribution is 2.25. The lowest BCUT2D eigenvalue weighted by atomic mass is 9.86. The molecule has 0 spiro atoms. The lowest BCUT2D eigenvalue weighted by Gasteiger charge is -2.25. The quantitative estimate of drug-likeness (QED) is 0.246. The van der Waals surface area contributed by atoms with Crippen molar-refractivity contribution in [1.29, 1.82) is 0 Å². The Labute approximate surface area is 191 Å². The first-order valence-electron chi connectivity index (χ1n) is 10.4. The van der Waals surface area contributed by atoms with Gasteiger partial charge >= 0.3 is 0 Å². The molecule has 2 aliphatic rings. The molecule has 2 heterocycles. The molecular weight excluding hydrogens is 505 g/mol. The fraction of sp³-hybridized carbons (Fsp3) is 0.833. The summed E-state index contributed by atoms with van der Waals surface area (Å²) in [7, 11) is -3.27. The standard InChI is InChI=1S/C18H33N7O2S.HI/c1-3-16-23-17-9-8-15(13-25(17)24-16)22-18(19-4-2)20-10-11-28(26,27)21-12-14-6-5-7-14;/h14-15,21H,3-13H2,1-2H3,(H2,19,20,22);1H. The SMILES string of the molecule is CCNC(=NCCS(=O)(=O)NCC1CCC1)NC1CCc2nc(CC)nn2C1.I. The van der Waals surface area contributed by atoms with Gasteiger partial charge in [-0.25, -0.2) is 22.8 Å². The third-order valence-corrected chi connectivity index (χ3v) is 6.68. The van der Waals surface area contributed by atoms with Gasteiger partial charge in [0.1, 0.15) is 5.82 Å². The van der Waals surface area contributed by atoms with Crippen molar-refractivity contribution in [3.63, 3.8) is 0 Å². The highest BCUT2D eigenvalue weighted by atomic mass is 127. The third kappa shape index (κ3) is 7.35. The second-order valence-electron chi connectivity index (χ2n) is 7.58. The molecule has 9 nitrogen and oxygen atoms in total. The Hall–Kier alpha value is -0.950. The van der Waals surface area contributed by atoms with Crippen molar-refractivity contribution < 1.29 is 8.42 Å². The van der Waals surface area contributed by atoms with Gasteiger partial charge in [-0.05, 0) is 32.1 Å². The molecule has 29 heavy (non-hydrogen) atoms. The van der Waals surface area contributed by atoms with Crippen molar-refractivity contribution in [1.82, 2.24) is 30.1 Å². The van der Waals surface area contributed by atoms with Crippen LogP contribution in [0.4, 0.5) is 0 Å². The Morgan fingerprint density at radius 3 is 2.72 bits per heavy atom. The van der Waals surface area contributed by atoms with E-state index < -0.39 is 10.0 Å². The van der Waals surface area contributed by atoms with E-state index in [-0.39, 0.29) is 42.3 Å². The van der Waals surface area contributed by atoms with E-state index in [1.807, 2.05) is 11.6 Å². The Morgan fingerprint density at radius 1 is 1.28 bits per heavy atom.